The molecule has 1 aromatic carbocycles. The lowest BCUT2D eigenvalue weighted by atomic mass is 9.98. The summed E-state index contributed by atoms with van der Waals surface area (Å²) in [4.78, 5) is 22.1. The van der Waals surface area contributed by atoms with E-state index < -0.39 is 4.92 Å². The number of hydrogen-bond acceptors (Lipinski definition) is 4. The lowest BCUT2D eigenvalue weighted by Crippen LogP contribution is -2.53. The third-order valence-corrected chi connectivity index (χ3v) is 3.64. The number of urea groups is 1. The van der Waals surface area contributed by atoms with E-state index >= 15 is 0 Å². The molecule has 108 valence electrons. The minimum atomic E-state index is -0.499. The van der Waals surface area contributed by atoms with Crippen LogP contribution in [-0.2, 0) is 0 Å². The highest BCUT2D eigenvalue weighted by atomic mass is 16.6. The molecule has 20 heavy (non-hydrogen) atoms. The van der Waals surface area contributed by atoms with E-state index in [0.717, 1.165) is 25.7 Å². The Kier molecular flexibility index (Phi) is 4.19. The van der Waals surface area contributed by atoms with Crippen LogP contribution in [0.2, 0.25) is 0 Å². The standard InChI is InChI=1S/C13H18N4O3/c14-9-13(6-1-2-7-13)16-12(18)15-10-4-3-5-11(8-10)17(19)20/h3-5,8H,1-2,6-7,9,14H2,(H2,15,16,18). The van der Waals surface area contributed by atoms with Crippen LogP contribution in [0.15, 0.2) is 24.3 Å². The third-order valence-electron chi connectivity index (χ3n) is 3.64. The lowest BCUT2D eigenvalue weighted by molar-refractivity contribution is -0.384. The Balaban J connectivity index is 2.01. The van der Waals surface area contributed by atoms with Gasteiger partial charge in [0, 0.05) is 24.4 Å². The minimum absolute atomic E-state index is 0.0581. The smallest absolute Gasteiger partial charge is 0.319 e. The summed E-state index contributed by atoms with van der Waals surface area (Å²) in [7, 11) is 0. The Bertz CT molecular complexity index is 512. The van der Waals surface area contributed by atoms with Crippen molar-refractivity contribution >= 4 is 17.4 Å². The highest BCUT2D eigenvalue weighted by molar-refractivity contribution is 5.90. The first-order valence-corrected chi connectivity index (χ1v) is 6.58. The van der Waals surface area contributed by atoms with Gasteiger partial charge in [-0.3, -0.25) is 10.1 Å². The zero-order chi connectivity index (χ0) is 14.6. The number of hydrogen-bond donors (Lipinski definition) is 3. The molecule has 1 fully saturated rings. The zero-order valence-corrected chi connectivity index (χ0v) is 11.1. The molecule has 4 N–H and O–H groups in total. The van der Waals surface area contributed by atoms with E-state index in [0.29, 0.717) is 12.2 Å². The molecule has 1 aliphatic rings. The predicted octanol–water partition coefficient (Wildman–Crippen LogP) is 1.99. The number of nitrogens with one attached hydrogen (secondary N) is 2. The second-order valence-electron chi connectivity index (χ2n) is 5.08. The maximum atomic E-state index is 12.0. The van der Waals surface area contributed by atoms with E-state index in [-0.39, 0.29) is 17.3 Å². The molecule has 0 bridgehead atoms. The van der Waals surface area contributed by atoms with Crippen LogP contribution in [-0.4, -0.2) is 23.0 Å². The van der Waals surface area contributed by atoms with Crippen LogP contribution in [0.5, 0.6) is 0 Å². The summed E-state index contributed by atoms with van der Waals surface area (Å²) in [6.45, 7) is 0.398. The van der Waals surface area contributed by atoms with E-state index in [1.165, 1.54) is 18.2 Å². The molecule has 0 spiro atoms. The summed E-state index contributed by atoms with van der Waals surface area (Å²) in [5.41, 5.74) is 5.73. The van der Waals surface area contributed by atoms with Crippen LogP contribution in [0.3, 0.4) is 0 Å². The van der Waals surface area contributed by atoms with Crippen LogP contribution in [0, 0.1) is 10.1 Å². The van der Waals surface area contributed by atoms with Crippen LogP contribution >= 0.6 is 0 Å². The Morgan fingerprint density at radius 2 is 2.10 bits per heavy atom. The molecule has 0 unspecified atom stereocenters. The molecule has 2 amide bonds. The molecule has 0 aliphatic heterocycles. The summed E-state index contributed by atoms with van der Waals surface area (Å²) < 4.78 is 0. The molecular weight excluding hydrogens is 260 g/mol. The van der Waals surface area contributed by atoms with Crippen molar-refractivity contribution in [3.63, 3.8) is 0 Å². The Hall–Kier alpha value is -2.15. The normalized spacial score (nSPS) is 16.6. The number of benzene rings is 1. The summed E-state index contributed by atoms with van der Waals surface area (Å²) >= 11 is 0. The van der Waals surface area contributed by atoms with Crippen LogP contribution in [0.1, 0.15) is 25.7 Å². The second kappa shape index (κ2) is 5.87. The Morgan fingerprint density at radius 1 is 1.40 bits per heavy atom. The van der Waals surface area contributed by atoms with Gasteiger partial charge >= 0.3 is 6.03 Å². The minimum Gasteiger partial charge on any atom is -0.331 e. The topological polar surface area (TPSA) is 110 Å². The molecule has 7 nitrogen and oxygen atoms in total. The van der Waals surface area contributed by atoms with E-state index in [1.807, 2.05) is 0 Å². The van der Waals surface area contributed by atoms with Crippen LogP contribution in [0.4, 0.5) is 16.2 Å². The van der Waals surface area contributed by atoms with Gasteiger partial charge in [0.15, 0.2) is 0 Å². The maximum Gasteiger partial charge on any atom is 0.319 e. The van der Waals surface area contributed by atoms with Crippen molar-refractivity contribution in [3.05, 3.63) is 34.4 Å². The van der Waals surface area contributed by atoms with Gasteiger partial charge in [-0.05, 0) is 18.9 Å². The highest BCUT2D eigenvalue weighted by Crippen LogP contribution is 2.28. The van der Waals surface area contributed by atoms with Crippen molar-refractivity contribution < 1.29 is 9.72 Å². The van der Waals surface area contributed by atoms with Gasteiger partial charge in [0.05, 0.1) is 10.5 Å². The van der Waals surface area contributed by atoms with E-state index in [4.69, 9.17) is 5.73 Å². The number of carbonyl (C=O) groups is 1. The summed E-state index contributed by atoms with van der Waals surface area (Å²) in [5, 5.41) is 16.2. The Labute approximate surface area is 116 Å². The number of nitro groups is 1. The Morgan fingerprint density at radius 3 is 2.70 bits per heavy atom. The SMILES string of the molecule is NCC1(NC(=O)Nc2cccc([N+](=O)[O-])c2)CCCC1. The molecule has 1 saturated carbocycles. The van der Waals surface area contributed by atoms with E-state index in [9.17, 15) is 14.9 Å². The predicted molar refractivity (Wildman–Crippen MR) is 75.5 cm³/mol. The molecule has 0 atom stereocenters. The first-order chi connectivity index (χ1) is 9.54. The van der Waals surface area contributed by atoms with Crippen molar-refractivity contribution in [3.8, 4) is 0 Å². The van der Waals surface area contributed by atoms with Gasteiger partial charge in [0.2, 0.25) is 0 Å². The maximum absolute atomic E-state index is 12.0. The number of rotatable bonds is 4. The molecule has 0 radical (unpaired) electrons. The fourth-order valence-corrected chi connectivity index (χ4v) is 2.53. The van der Waals surface area contributed by atoms with Crippen molar-refractivity contribution in [2.24, 2.45) is 5.73 Å². The second-order valence-corrected chi connectivity index (χ2v) is 5.08. The summed E-state index contributed by atoms with van der Waals surface area (Å²) in [6.07, 6.45) is 3.83. The number of nitrogens with two attached hydrogens (primary N) is 1. The van der Waals surface area contributed by atoms with Gasteiger partial charge in [-0.2, -0.15) is 0 Å². The first kappa shape index (κ1) is 14.3. The van der Waals surface area contributed by atoms with Crippen molar-refractivity contribution in [2.45, 2.75) is 31.2 Å². The lowest BCUT2D eigenvalue weighted by Gasteiger charge is -2.28. The molecule has 2 rings (SSSR count). The van der Waals surface area contributed by atoms with Gasteiger partial charge in [0.1, 0.15) is 0 Å². The van der Waals surface area contributed by atoms with Crippen LogP contribution in [0.25, 0.3) is 0 Å². The van der Waals surface area contributed by atoms with Crippen molar-refractivity contribution in [1.82, 2.24) is 5.32 Å². The first-order valence-electron chi connectivity index (χ1n) is 6.58. The van der Waals surface area contributed by atoms with E-state index in [2.05, 4.69) is 10.6 Å². The number of anilines is 1. The molecule has 7 heteroatoms. The molecule has 1 aliphatic carbocycles. The average molecular weight is 278 g/mol. The highest BCUT2D eigenvalue weighted by Gasteiger charge is 2.33. The third kappa shape index (κ3) is 3.24. The van der Waals surface area contributed by atoms with Crippen LogP contribution < -0.4 is 16.4 Å². The largest absolute Gasteiger partial charge is 0.331 e. The van der Waals surface area contributed by atoms with Crippen molar-refractivity contribution in [2.75, 3.05) is 11.9 Å². The quantitative estimate of drug-likeness (QED) is 0.577. The molecule has 0 aromatic heterocycles. The number of non-ortho nitro benzene ring substituents is 1. The number of nitrogens with zero attached hydrogens (tertiary/aromatic N) is 1. The van der Waals surface area contributed by atoms with E-state index in [1.54, 1.807) is 6.07 Å². The molecule has 0 saturated heterocycles. The van der Waals surface area contributed by atoms with Gasteiger partial charge in [0.25, 0.3) is 5.69 Å². The monoisotopic (exact) mass is 278 g/mol. The molecule has 0 heterocycles. The van der Waals surface area contributed by atoms with Gasteiger partial charge in [-0.15, -0.1) is 0 Å². The number of amides is 2. The van der Waals surface area contributed by atoms with Crippen molar-refractivity contribution in [1.29, 1.82) is 0 Å². The fraction of sp³-hybridized carbons (Fsp3) is 0.462. The van der Waals surface area contributed by atoms with Gasteiger partial charge in [-0.25, -0.2) is 4.79 Å². The van der Waals surface area contributed by atoms with Gasteiger partial charge in [-0.1, -0.05) is 18.9 Å². The number of nitro benzene ring substituents is 1. The van der Waals surface area contributed by atoms with Gasteiger partial charge < -0.3 is 16.4 Å². The zero-order valence-electron chi connectivity index (χ0n) is 11.1. The number of carbonyl (C=O) groups excluding carboxylic acids is 1. The fourth-order valence-electron chi connectivity index (χ4n) is 2.53. The molecular formula is C13H18N4O3. The molecule has 1 aromatic rings. The summed E-state index contributed by atoms with van der Waals surface area (Å²) in [5.74, 6) is 0. The summed E-state index contributed by atoms with van der Waals surface area (Å²) in [6, 6.07) is 5.46. The average Bonchev–Trinajstić information content (AvgIpc) is 2.88.